The van der Waals surface area contributed by atoms with Crippen LogP contribution in [0.1, 0.15) is 53.0 Å². The van der Waals surface area contributed by atoms with Gasteiger partial charge >= 0.3 is 12.3 Å². The summed E-state index contributed by atoms with van der Waals surface area (Å²) in [7, 11) is 1.46. The maximum Gasteiger partial charge on any atom is 0.410 e. The Bertz CT molecular complexity index is 1950. The second-order valence-corrected chi connectivity index (χ2v) is 13.4. The standard InChI is InChI=1S/C33H35Cl2F3N8O5/c1-32(2,3)51-31(49)45-12-10-44(11-13-45)18-8-9-22(24(14-18)50-4)41-28-26(27(39)47)29-42-23(30(48)40-17-33(36,37)38)16-46(29)25(43-28)15-19-20(34)6-5-7-21(19)35/h5-9,14,16,41H,10-13,15,17H2,1-4H3,(H2,39,47)(H,40,48). The molecule has 4 N–H and O–H groups in total. The maximum atomic E-state index is 12.9. The number of fused-ring (bicyclic) bond motifs is 1. The molecule has 1 aliphatic heterocycles. The number of carbonyl (C=O) groups excluding carboxylic acids is 3. The van der Waals surface area contributed by atoms with Crippen LogP contribution in [0.5, 0.6) is 5.75 Å². The molecule has 13 nitrogen and oxygen atoms in total. The molecule has 0 spiro atoms. The first-order valence-corrected chi connectivity index (χ1v) is 16.4. The molecule has 3 amide bonds. The molecule has 2 aromatic heterocycles. The number of hydrogen-bond donors (Lipinski definition) is 3. The highest BCUT2D eigenvalue weighted by atomic mass is 35.5. The van der Waals surface area contributed by atoms with E-state index < -0.39 is 35.8 Å². The Morgan fingerprint density at radius 3 is 2.25 bits per heavy atom. The van der Waals surface area contributed by atoms with Crippen molar-refractivity contribution in [1.29, 1.82) is 0 Å². The van der Waals surface area contributed by atoms with E-state index in [1.165, 1.54) is 11.5 Å². The number of alkyl halides is 3. The molecule has 0 atom stereocenters. The van der Waals surface area contributed by atoms with Crippen molar-refractivity contribution in [2.75, 3.05) is 50.1 Å². The fraction of sp³-hybridized carbons (Fsp3) is 0.364. The van der Waals surface area contributed by atoms with Gasteiger partial charge in [0, 0.05) is 60.6 Å². The summed E-state index contributed by atoms with van der Waals surface area (Å²) in [6.45, 7) is 5.80. The number of primary amides is 1. The minimum atomic E-state index is -4.67. The van der Waals surface area contributed by atoms with Crippen molar-refractivity contribution in [3.8, 4) is 5.75 Å². The van der Waals surface area contributed by atoms with Gasteiger partial charge in [-0.1, -0.05) is 29.3 Å². The molecule has 3 heterocycles. The largest absolute Gasteiger partial charge is 0.494 e. The number of carbonyl (C=O) groups is 3. The van der Waals surface area contributed by atoms with Gasteiger partial charge in [-0.25, -0.2) is 14.8 Å². The summed E-state index contributed by atoms with van der Waals surface area (Å²) >= 11 is 12.9. The van der Waals surface area contributed by atoms with Gasteiger partial charge in [-0.15, -0.1) is 0 Å². The number of halogens is 5. The van der Waals surface area contributed by atoms with Crippen LogP contribution >= 0.6 is 23.2 Å². The Morgan fingerprint density at radius 1 is 1.00 bits per heavy atom. The lowest BCUT2D eigenvalue weighted by Crippen LogP contribution is -2.50. The number of nitrogens with one attached hydrogen (secondary N) is 2. The van der Waals surface area contributed by atoms with Crippen LogP contribution in [-0.2, 0) is 11.2 Å². The maximum absolute atomic E-state index is 12.9. The van der Waals surface area contributed by atoms with Gasteiger partial charge in [0.05, 0.1) is 12.8 Å². The molecule has 1 fully saturated rings. The van der Waals surface area contributed by atoms with E-state index in [2.05, 4.69) is 20.2 Å². The molecule has 51 heavy (non-hydrogen) atoms. The average Bonchev–Trinajstić information content (AvgIpc) is 3.50. The lowest BCUT2D eigenvalue weighted by atomic mass is 10.1. The zero-order valence-corrected chi connectivity index (χ0v) is 29.5. The van der Waals surface area contributed by atoms with E-state index >= 15 is 0 Å². The number of piperazine rings is 1. The molecule has 1 saturated heterocycles. The number of hydrogen-bond acceptors (Lipinski definition) is 9. The van der Waals surface area contributed by atoms with Crippen molar-refractivity contribution in [2.24, 2.45) is 5.73 Å². The van der Waals surface area contributed by atoms with Crippen molar-refractivity contribution >= 4 is 63.9 Å². The summed E-state index contributed by atoms with van der Waals surface area (Å²) in [6.07, 6.45) is -3.92. The third-order valence-electron chi connectivity index (χ3n) is 7.74. The molecule has 4 aromatic rings. The minimum absolute atomic E-state index is 0.0337. The van der Waals surface area contributed by atoms with E-state index in [0.29, 0.717) is 53.2 Å². The minimum Gasteiger partial charge on any atom is -0.494 e. The Balaban J connectivity index is 1.50. The van der Waals surface area contributed by atoms with E-state index in [-0.39, 0.29) is 35.4 Å². The number of nitrogens with two attached hydrogens (primary N) is 1. The van der Waals surface area contributed by atoms with Crippen LogP contribution in [0.2, 0.25) is 10.0 Å². The molecule has 0 radical (unpaired) electrons. The third kappa shape index (κ3) is 8.86. The summed E-state index contributed by atoms with van der Waals surface area (Å²) in [5, 5.41) is 5.47. The van der Waals surface area contributed by atoms with Crippen molar-refractivity contribution in [3.05, 3.63) is 75.3 Å². The average molecular weight is 752 g/mol. The van der Waals surface area contributed by atoms with Gasteiger partial charge in [-0.2, -0.15) is 13.2 Å². The molecular weight excluding hydrogens is 716 g/mol. The van der Waals surface area contributed by atoms with Crippen LogP contribution in [0.15, 0.2) is 42.6 Å². The predicted octanol–water partition coefficient (Wildman–Crippen LogP) is 5.83. The molecule has 0 saturated carbocycles. The number of amides is 3. The van der Waals surface area contributed by atoms with Gasteiger partial charge in [-0.3, -0.25) is 14.0 Å². The number of ether oxygens (including phenoxy) is 2. The highest BCUT2D eigenvalue weighted by Crippen LogP contribution is 2.35. The smallest absolute Gasteiger partial charge is 0.410 e. The fourth-order valence-corrected chi connectivity index (χ4v) is 5.89. The van der Waals surface area contributed by atoms with Crippen molar-refractivity contribution < 1.29 is 37.0 Å². The second kappa shape index (κ2) is 14.7. The van der Waals surface area contributed by atoms with Crippen LogP contribution in [0.4, 0.5) is 35.2 Å². The van der Waals surface area contributed by atoms with Crippen LogP contribution < -0.4 is 26.0 Å². The molecule has 272 valence electrons. The normalized spacial score (nSPS) is 13.7. The number of rotatable bonds is 9. The first kappa shape index (κ1) is 37.3. The van der Waals surface area contributed by atoms with Crippen LogP contribution in [0, 0.1) is 0 Å². The van der Waals surface area contributed by atoms with Gasteiger partial charge in [0.1, 0.15) is 40.8 Å². The molecule has 0 unspecified atom stereocenters. The number of aromatic nitrogens is 3. The van der Waals surface area contributed by atoms with E-state index in [1.54, 1.807) is 40.5 Å². The van der Waals surface area contributed by atoms with Crippen molar-refractivity contribution in [2.45, 2.75) is 39.0 Å². The lowest BCUT2D eigenvalue weighted by Gasteiger charge is -2.37. The van der Waals surface area contributed by atoms with E-state index in [9.17, 15) is 27.6 Å². The van der Waals surface area contributed by atoms with Crippen LogP contribution in [0.3, 0.4) is 0 Å². The Labute approximate surface area is 300 Å². The summed E-state index contributed by atoms with van der Waals surface area (Å²) < 4.78 is 51.0. The first-order valence-electron chi connectivity index (χ1n) is 15.6. The summed E-state index contributed by atoms with van der Waals surface area (Å²) in [6, 6.07) is 10.2. The van der Waals surface area contributed by atoms with Crippen molar-refractivity contribution in [3.63, 3.8) is 0 Å². The molecule has 18 heteroatoms. The quantitative estimate of drug-likeness (QED) is 0.192. The topological polar surface area (TPSA) is 156 Å². The molecule has 0 aliphatic carbocycles. The number of benzene rings is 2. The Hall–Kier alpha value is -4.96. The number of nitrogens with zero attached hydrogens (tertiary/aromatic N) is 5. The highest BCUT2D eigenvalue weighted by molar-refractivity contribution is 6.36. The molecule has 5 rings (SSSR count). The van der Waals surface area contributed by atoms with Crippen molar-refractivity contribution in [1.82, 2.24) is 24.6 Å². The van der Waals surface area contributed by atoms with Gasteiger partial charge < -0.3 is 35.6 Å². The van der Waals surface area contributed by atoms with Gasteiger partial charge in [0.25, 0.3) is 11.8 Å². The summed E-state index contributed by atoms with van der Waals surface area (Å²) in [4.78, 5) is 50.8. The Morgan fingerprint density at radius 2 is 1.67 bits per heavy atom. The van der Waals surface area contributed by atoms with E-state index in [1.807, 2.05) is 26.8 Å². The number of methoxy groups -OCH3 is 1. The number of imidazole rings is 1. The zero-order valence-electron chi connectivity index (χ0n) is 28.0. The van der Waals surface area contributed by atoms with Gasteiger partial charge in [0.15, 0.2) is 5.65 Å². The predicted molar refractivity (Wildman–Crippen MR) is 185 cm³/mol. The third-order valence-corrected chi connectivity index (χ3v) is 8.45. The molecular formula is C33H35Cl2F3N8O5. The number of anilines is 3. The molecule has 0 bridgehead atoms. The summed E-state index contributed by atoms with van der Waals surface area (Å²) in [5.41, 5.74) is 6.03. The Kier molecular flexibility index (Phi) is 10.8. The SMILES string of the molecule is COc1cc(N2CCN(C(=O)OC(C)(C)C)CC2)ccc1Nc1nc(Cc2c(Cl)cccc2Cl)n2cc(C(=O)NCC(F)(F)F)nc2c1C(N)=O. The van der Waals surface area contributed by atoms with E-state index in [0.717, 1.165) is 11.9 Å². The van der Waals surface area contributed by atoms with Gasteiger partial charge in [-0.05, 0) is 50.6 Å². The fourth-order valence-electron chi connectivity index (χ4n) is 5.36. The monoisotopic (exact) mass is 750 g/mol. The van der Waals surface area contributed by atoms with Crippen LogP contribution in [-0.4, -0.2) is 88.8 Å². The highest BCUT2D eigenvalue weighted by Gasteiger charge is 2.30. The van der Waals surface area contributed by atoms with E-state index in [4.69, 9.17) is 38.4 Å². The first-order chi connectivity index (χ1) is 23.9. The van der Waals surface area contributed by atoms with Crippen LogP contribution in [0.25, 0.3) is 5.65 Å². The van der Waals surface area contributed by atoms with Gasteiger partial charge in [0.2, 0.25) is 0 Å². The second-order valence-electron chi connectivity index (χ2n) is 12.6. The summed E-state index contributed by atoms with van der Waals surface area (Å²) in [5.74, 6) is -1.65. The molecule has 1 aliphatic rings. The zero-order chi connectivity index (χ0) is 37.2. The lowest BCUT2D eigenvalue weighted by molar-refractivity contribution is -0.123. The molecule has 2 aromatic carbocycles.